The average Bonchev–Trinajstić information content (AvgIpc) is 3.13. The first-order chi connectivity index (χ1) is 14.5. The van der Waals surface area contributed by atoms with Crippen LogP contribution in [0.2, 0.25) is 0 Å². The van der Waals surface area contributed by atoms with E-state index in [0.29, 0.717) is 22.3 Å². The van der Waals surface area contributed by atoms with E-state index >= 15 is 0 Å². The monoisotopic (exact) mass is 426 g/mol. The van der Waals surface area contributed by atoms with Crippen LogP contribution in [-0.4, -0.2) is 29.9 Å². The molecule has 3 aromatic rings. The molecule has 2 aliphatic rings. The number of nitrogens with one attached hydrogen (secondary N) is 1. The van der Waals surface area contributed by atoms with Crippen LogP contribution in [0, 0.1) is 0 Å². The molecule has 1 saturated carbocycles. The molecule has 1 aliphatic heterocycles. The molecule has 0 radical (unpaired) electrons. The SMILES string of the molecule is NS(=O)c1ccc(Nc2ncc3cc4n(c3n2)C2(CCCCC2)CC(=O)N4O)cc1. The van der Waals surface area contributed by atoms with Gasteiger partial charge < -0.3 is 9.88 Å². The van der Waals surface area contributed by atoms with Gasteiger partial charge in [0, 0.05) is 17.3 Å². The Morgan fingerprint density at radius 3 is 2.60 bits per heavy atom. The third kappa shape index (κ3) is 3.08. The van der Waals surface area contributed by atoms with Gasteiger partial charge in [0.15, 0.2) is 0 Å². The van der Waals surface area contributed by atoms with E-state index in [0.717, 1.165) is 48.2 Å². The summed E-state index contributed by atoms with van der Waals surface area (Å²) in [5.41, 5.74) is 1.07. The van der Waals surface area contributed by atoms with Crippen LogP contribution < -0.4 is 15.5 Å². The van der Waals surface area contributed by atoms with Crippen LogP contribution in [0.4, 0.5) is 17.5 Å². The van der Waals surface area contributed by atoms with Crippen molar-refractivity contribution in [3.05, 3.63) is 36.5 Å². The Morgan fingerprint density at radius 1 is 1.17 bits per heavy atom. The number of hydrogen-bond acceptors (Lipinski definition) is 6. The van der Waals surface area contributed by atoms with Crippen molar-refractivity contribution in [2.75, 3.05) is 10.4 Å². The van der Waals surface area contributed by atoms with Gasteiger partial charge >= 0.3 is 0 Å². The standard InChI is InChI=1S/C20H22N6O3S/c21-30(29)15-6-4-14(5-7-15)23-19-22-12-13-10-16-25(18(13)24-19)20(8-2-1-3-9-20)11-17(27)26(16)28/h4-7,10,12,28H,1-3,8-9,11,21H2,(H,22,23,24). The molecular weight excluding hydrogens is 404 g/mol. The lowest BCUT2D eigenvalue weighted by molar-refractivity contribution is -0.128. The molecule has 156 valence electrons. The topological polar surface area (TPSA) is 126 Å². The van der Waals surface area contributed by atoms with Gasteiger partial charge in [-0.05, 0) is 43.2 Å². The third-order valence-electron chi connectivity index (χ3n) is 6.06. The maximum Gasteiger partial charge on any atom is 0.254 e. The lowest BCUT2D eigenvalue weighted by atomic mass is 9.78. The predicted molar refractivity (Wildman–Crippen MR) is 113 cm³/mol. The van der Waals surface area contributed by atoms with Crippen molar-refractivity contribution >= 4 is 45.4 Å². The molecule has 4 N–H and O–H groups in total. The van der Waals surface area contributed by atoms with Crippen LogP contribution in [0.15, 0.2) is 41.4 Å². The average molecular weight is 427 g/mol. The number of carbonyl (C=O) groups is 1. The van der Waals surface area contributed by atoms with Crippen LogP contribution in [0.5, 0.6) is 0 Å². The zero-order valence-electron chi connectivity index (χ0n) is 16.2. The highest BCUT2D eigenvalue weighted by atomic mass is 32.2. The first-order valence-electron chi connectivity index (χ1n) is 9.91. The number of amides is 1. The molecule has 1 fully saturated rings. The van der Waals surface area contributed by atoms with Gasteiger partial charge in [0.05, 0.1) is 16.9 Å². The number of hydrogen-bond donors (Lipinski definition) is 3. The molecule has 5 rings (SSSR count). The number of aromatic nitrogens is 3. The second-order valence-electron chi connectivity index (χ2n) is 7.92. The van der Waals surface area contributed by atoms with E-state index in [4.69, 9.17) is 10.1 Å². The van der Waals surface area contributed by atoms with Crippen LogP contribution >= 0.6 is 0 Å². The molecule has 9 nitrogen and oxygen atoms in total. The van der Waals surface area contributed by atoms with E-state index in [1.807, 2.05) is 4.57 Å². The summed E-state index contributed by atoms with van der Waals surface area (Å²) in [5, 5.41) is 20.4. The molecule has 1 spiro atoms. The van der Waals surface area contributed by atoms with E-state index in [1.54, 1.807) is 36.5 Å². The minimum absolute atomic E-state index is 0.269. The molecule has 3 heterocycles. The number of hydroxylamine groups is 1. The van der Waals surface area contributed by atoms with E-state index in [9.17, 15) is 14.2 Å². The zero-order valence-corrected chi connectivity index (χ0v) is 17.1. The summed E-state index contributed by atoms with van der Waals surface area (Å²) in [6, 6.07) is 8.65. The van der Waals surface area contributed by atoms with Crippen molar-refractivity contribution < 1.29 is 14.2 Å². The lowest BCUT2D eigenvalue weighted by Gasteiger charge is -2.44. The summed E-state index contributed by atoms with van der Waals surface area (Å²) in [5.74, 6) is 0.567. The summed E-state index contributed by atoms with van der Waals surface area (Å²) in [7, 11) is -1.53. The molecule has 0 bridgehead atoms. The normalized spacial score (nSPS) is 19.1. The van der Waals surface area contributed by atoms with E-state index in [-0.39, 0.29) is 17.9 Å². The predicted octanol–water partition coefficient (Wildman–Crippen LogP) is 2.94. The number of anilines is 3. The fourth-order valence-corrected chi connectivity index (χ4v) is 5.04. The van der Waals surface area contributed by atoms with Gasteiger partial charge in [0.25, 0.3) is 5.91 Å². The number of nitrogens with zero attached hydrogens (tertiary/aromatic N) is 4. The summed E-state index contributed by atoms with van der Waals surface area (Å²) in [6.07, 6.45) is 6.96. The minimum atomic E-state index is -1.53. The molecule has 1 unspecified atom stereocenters. The maximum atomic E-state index is 12.5. The molecule has 1 aliphatic carbocycles. The third-order valence-corrected chi connectivity index (χ3v) is 6.79. The van der Waals surface area contributed by atoms with Gasteiger partial charge in [-0.3, -0.25) is 10.0 Å². The number of nitrogens with two attached hydrogens (primary N) is 1. The molecule has 2 aromatic heterocycles. The maximum absolute atomic E-state index is 12.5. The van der Waals surface area contributed by atoms with Crippen molar-refractivity contribution in [1.29, 1.82) is 0 Å². The smallest absolute Gasteiger partial charge is 0.254 e. The molecule has 1 amide bonds. The van der Waals surface area contributed by atoms with Gasteiger partial charge in [-0.1, -0.05) is 19.3 Å². The fourth-order valence-electron chi connectivity index (χ4n) is 4.63. The van der Waals surface area contributed by atoms with Gasteiger partial charge in [-0.2, -0.15) is 10.0 Å². The molecule has 30 heavy (non-hydrogen) atoms. The quantitative estimate of drug-likeness (QED) is 0.553. The Hall–Kier alpha value is -2.82. The highest BCUT2D eigenvalue weighted by Crippen LogP contribution is 2.46. The van der Waals surface area contributed by atoms with Crippen molar-refractivity contribution in [3.8, 4) is 0 Å². The van der Waals surface area contributed by atoms with Gasteiger partial charge in [0.2, 0.25) is 5.95 Å². The van der Waals surface area contributed by atoms with Gasteiger partial charge in [-0.15, -0.1) is 0 Å². The summed E-state index contributed by atoms with van der Waals surface area (Å²) < 4.78 is 13.4. The first kappa shape index (κ1) is 19.2. The second-order valence-corrected chi connectivity index (χ2v) is 8.99. The van der Waals surface area contributed by atoms with Crippen molar-refractivity contribution in [2.45, 2.75) is 49.0 Å². The van der Waals surface area contributed by atoms with E-state index < -0.39 is 11.0 Å². The number of benzene rings is 1. The number of carbonyl (C=O) groups excluding carboxylic acids is 1. The highest BCUT2D eigenvalue weighted by molar-refractivity contribution is 7.82. The van der Waals surface area contributed by atoms with Crippen LogP contribution in [0.3, 0.4) is 0 Å². The van der Waals surface area contributed by atoms with Crippen molar-refractivity contribution in [2.24, 2.45) is 5.14 Å². The number of fused-ring (bicyclic) bond motifs is 4. The first-order valence-corrected chi connectivity index (χ1v) is 11.1. The van der Waals surface area contributed by atoms with Crippen LogP contribution in [0.1, 0.15) is 38.5 Å². The summed E-state index contributed by atoms with van der Waals surface area (Å²) in [4.78, 5) is 22.1. The Kier molecular flexibility index (Phi) is 4.57. The minimum Gasteiger partial charge on any atom is -0.324 e. The fraction of sp³-hybridized carbons (Fsp3) is 0.350. The Morgan fingerprint density at radius 2 is 1.90 bits per heavy atom. The molecule has 1 aromatic carbocycles. The van der Waals surface area contributed by atoms with Gasteiger partial charge in [0.1, 0.15) is 22.5 Å². The van der Waals surface area contributed by atoms with Crippen molar-refractivity contribution in [1.82, 2.24) is 14.5 Å². The molecule has 10 heteroatoms. The van der Waals surface area contributed by atoms with Crippen LogP contribution in [0.25, 0.3) is 11.0 Å². The Labute approximate surface area is 175 Å². The summed E-state index contributed by atoms with van der Waals surface area (Å²) >= 11 is 0. The Balaban J connectivity index is 1.57. The van der Waals surface area contributed by atoms with Crippen molar-refractivity contribution in [3.63, 3.8) is 0 Å². The lowest BCUT2D eigenvalue weighted by Crippen LogP contribution is -2.48. The molecule has 0 saturated heterocycles. The largest absolute Gasteiger partial charge is 0.324 e. The van der Waals surface area contributed by atoms with Gasteiger partial charge in [-0.25, -0.2) is 14.3 Å². The van der Waals surface area contributed by atoms with E-state index in [1.165, 1.54) is 0 Å². The summed E-state index contributed by atoms with van der Waals surface area (Å²) in [6.45, 7) is 0. The Bertz CT molecular complexity index is 1150. The van der Waals surface area contributed by atoms with Crippen LogP contribution in [-0.2, 0) is 21.3 Å². The second kappa shape index (κ2) is 7.15. The molecular formula is C20H22N6O3S. The zero-order chi connectivity index (χ0) is 20.9. The highest BCUT2D eigenvalue weighted by Gasteiger charge is 2.45. The molecule has 1 atom stereocenters. The van der Waals surface area contributed by atoms with E-state index in [2.05, 4.69) is 10.3 Å². The number of rotatable bonds is 3.